The molecule has 1 aliphatic rings. The van der Waals surface area contributed by atoms with E-state index in [-0.39, 0.29) is 0 Å². The zero-order chi connectivity index (χ0) is 11.3. The van der Waals surface area contributed by atoms with Crippen LogP contribution in [0.15, 0.2) is 0 Å². The van der Waals surface area contributed by atoms with E-state index in [1.54, 1.807) is 0 Å². The van der Waals surface area contributed by atoms with Crippen LogP contribution in [0.3, 0.4) is 0 Å². The van der Waals surface area contributed by atoms with Crippen LogP contribution in [0, 0.1) is 5.92 Å². The van der Waals surface area contributed by atoms with E-state index in [4.69, 9.17) is 5.73 Å². The Kier molecular flexibility index (Phi) is 5.62. The smallest absolute Gasteiger partial charge is 0.0221 e. The van der Waals surface area contributed by atoms with E-state index in [1.165, 1.54) is 38.6 Å². The molecule has 0 aromatic rings. The molecule has 0 saturated carbocycles. The van der Waals surface area contributed by atoms with Gasteiger partial charge in [-0.05, 0) is 25.7 Å². The van der Waals surface area contributed by atoms with Gasteiger partial charge in [0.05, 0.1) is 0 Å². The molecule has 2 N–H and O–H groups in total. The first-order valence-electron chi connectivity index (χ1n) is 6.64. The summed E-state index contributed by atoms with van der Waals surface area (Å²) in [6.07, 6.45) is 6.65. The minimum absolute atomic E-state index is 0.636. The lowest BCUT2D eigenvalue weighted by atomic mass is 10.1. The summed E-state index contributed by atoms with van der Waals surface area (Å²) in [7, 11) is 0. The van der Waals surface area contributed by atoms with E-state index in [0.717, 1.165) is 18.5 Å². The maximum atomic E-state index is 5.90. The van der Waals surface area contributed by atoms with Gasteiger partial charge in [0, 0.05) is 25.2 Å². The lowest BCUT2D eigenvalue weighted by Gasteiger charge is -2.30. The van der Waals surface area contributed by atoms with Crippen molar-refractivity contribution in [1.82, 2.24) is 4.90 Å². The molecule has 3 atom stereocenters. The molecule has 1 rings (SSSR count). The van der Waals surface area contributed by atoms with Gasteiger partial charge in [0.15, 0.2) is 0 Å². The number of hydrogen-bond acceptors (Lipinski definition) is 2. The molecule has 0 amide bonds. The first kappa shape index (κ1) is 13.0. The molecule has 15 heavy (non-hydrogen) atoms. The molecule has 1 heterocycles. The van der Waals surface area contributed by atoms with Crippen molar-refractivity contribution in [3.05, 3.63) is 0 Å². The Bertz CT molecular complexity index is 170. The molecular weight excluding hydrogens is 184 g/mol. The largest absolute Gasteiger partial charge is 0.329 e. The maximum absolute atomic E-state index is 5.90. The third-order valence-corrected chi connectivity index (χ3v) is 3.71. The fourth-order valence-electron chi connectivity index (χ4n) is 2.89. The van der Waals surface area contributed by atoms with Crippen LogP contribution in [-0.4, -0.2) is 30.1 Å². The lowest BCUT2D eigenvalue weighted by molar-refractivity contribution is 0.179. The molecule has 1 aliphatic heterocycles. The molecule has 2 heteroatoms. The Morgan fingerprint density at radius 3 is 2.53 bits per heavy atom. The highest BCUT2D eigenvalue weighted by Gasteiger charge is 2.30. The van der Waals surface area contributed by atoms with Gasteiger partial charge in [-0.15, -0.1) is 0 Å². The minimum atomic E-state index is 0.636. The number of hydrogen-bond donors (Lipinski definition) is 1. The van der Waals surface area contributed by atoms with Gasteiger partial charge in [-0.3, -0.25) is 4.90 Å². The van der Waals surface area contributed by atoms with Gasteiger partial charge in [-0.2, -0.15) is 0 Å². The summed E-state index contributed by atoms with van der Waals surface area (Å²) in [5.41, 5.74) is 5.90. The van der Waals surface area contributed by atoms with Gasteiger partial charge in [0.2, 0.25) is 0 Å². The topological polar surface area (TPSA) is 29.3 Å². The second-order valence-electron chi connectivity index (χ2n) is 5.27. The van der Waals surface area contributed by atoms with E-state index < -0.39 is 0 Å². The van der Waals surface area contributed by atoms with Gasteiger partial charge in [0.1, 0.15) is 0 Å². The van der Waals surface area contributed by atoms with Crippen LogP contribution in [0.25, 0.3) is 0 Å². The van der Waals surface area contributed by atoms with Gasteiger partial charge >= 0.3 is 0 Å². The summed E-state index contributed by atoms with van der Waals surface area (Å²) < 4.78 is 0. The van der Waals surface area contributed by atoms with Crippen molar-refractivity contribution < 1.29 is 0 Å². The average molecular weight is 212 g/mol. The molecule has 3 unspecified atom stereocenters. The summed E-state index contributed by atoms with van der Waals surface area (Å²) >= 11 is 0. The van der Waals surface area contributed by atoms with Crippen molar-refractivity contribution in [3.63, 3.8) is 0 Å². The van der Waals surface area contributed by atoms with Gasteiger partial charge < -0.3 is 5.73 Å². The van der Waals surface area contributed by atoms with Crippen molar-refractivity contribution in [3.8, 4) is 0 Å². The number of unbranched alkanes of at least 4 members (excludes halogenated alkanes) is 2. The monoisotopic (exact) mass is 212 g/mol. The Balaban J connectivity index is 2.36. The second-order valence-corrected chi connectivity index (χ2v) is 5.27. The van der Waals surface area contributed by atoms with Crippen LogP contribution < -0.4 is 5.73 Å². The second kappa shape index (κ2) is 6.49. The van der Waals surface area contributed by atoms with Crippen molar-refractivity contribution >= 4 is 0 Å². The fraction of sp³-hybridized carbons (Fsp3) is 1.00. The molecule has 0 spiro atoms. The van der Waals surface area contributed by atoms with E-state index in [1.807, 2.05) is 0 Å². The number of likely N-dealkylation sites (tertiary alicyclic amines) is 1. The van der Waals surface area contributed by atoms with E-state index in [2.05, 4.69) is 25.7 Å². The third kappa shape index (κ3) is 3.76. The molecular formula is C13H28N2. The zero-order valence-corrected chi connectivity index (χ0v) is 10.7. The highest BCUT2D eigenvalue weighted by atomic mass is 15.2. The average Bonchev–Trinajstić information content (AvgIpc) is 2.53. The zero-order valence-electron chi connectivity index (χ0n) is 10.7. The predicted molar refractivity (Wildman–Crippen MR) is 66.9 cm³/mol. The highest BCUT2D eigenvalue weighted by molar-refractivity contribution is 4.85. The lowest BCUT2D eigenvalue weighted by Crippen LogP contribution is -2.42. The summed E-state index contributed by atoms with van der Waals surface area (Å²) in [6.45, 7) is 9.07. The molecule has 1 saturated heterocycles. The van der Waals surface area contributed by atoms with Crippen LogP contribution >= 0.6 is 0 Å². The van der Waals surface area contributed by atoms with Crippen LogP contribution in [-0.2, 0) is 0 Å². The quantitative estimate of drug-likeness (QED) is 0.686. The Labute approximate surface area is 95.2 Å². The first-order chi connectivity index (χ1) is 7.19. The summed E-state index contributed by atoms with van der Waals surface area (Å²) in [6, 6.07) is 1.38. The van der Waals surface area contributed by atoms with Crippen LogP contribution in [0.1, 0.15) is 52.9 Å². The molecule has 0 aromatic carbocycles. The molecule has 2 nitrogen and oxygen atoms in total. The van der Waals surface area contributed by atoms with Crippen LogP contribution in [0.5, 0.6) is 0 Å². The molecule has 0 aliphatic carbocycles. The third-order valence-electron chi connectivity index (χ3n) is 3.71. The molecule has 0 bridgehead atoms. The van der Waals surface area contributed by atoms with Crippen molar-refractivity contribution in [2.24, 2.45) is 11.7 Å². The summed E-state index contributed by atoms with van der Waals surface area (Å²) in [5, 5.41) is 0. The van der Waals surface area contributed by atoms with Crippen molar-refractivity contribution in [2.75, 3.05) is 13.1 Å². The molecule has 90 valence electrons. The number of rotatable bonds is 6. The van der Waals surface area contributed by atoms with Crippen molar-refractivity contribution in [2.45, 2.75) is 65.0 Å². The standard InChI is InChI=1S/C13H28N2/c1-4-5-6-7-13(9-14)15-10-11(2)8-12(15)3/h11-13H,4-10,14H2,1-3H3. The number of nitrogens with two attached hydrogens (primary N) is 1. The van der Waals surface area contributed by atoms with Gasteiger partial charge in [-0.25, -0.2) is 0 Å². The maximum Gasteiger partial charge on any atom is 0.0221 e. The number of nitrogens with zero attached hydrogens (tertiary/aromatic N) is 1. The molecule has 0 radical (unpaired) electrons. The van der Waals surface area contributed by atoms with Gasteiger partial charge in [0.25, 0.3) is 0 Å². The Hall–Kier alpha value is -0.0800. The Morgan fingerprint density at radius 2 is 2.07 bits per heavy atom. The minimum Gasteiger partial charge on any atom is -0.329 e. The van der Waals surface area contributed by atoms with Crippen LogP contribution in [0.2, 0.25) is 0 Å². The van der Waals surface area contributed by atoms with E-state index in [9.17, 15) is 0 Å². The fourth-order valence-corrected chi connectivity index (χ4v) is 2.89. The van der Waals surface area contributed by atoms with Crippen molar-refractivity contribution in [1.29, 1.82) is 0 Å². The van der Waals surface area contributed by atoms with Gasteiger partial charge in [-0.1, -0.05) is 33.1 Å². The molecule has 1 fully saturated rings. The van der Waals surface area contributed by atoms with E-state index >= 15 is 0 Å². The summed E-state index contributed by atoms with van der Waals surface area (Å²) in [4.78, 5) is 2.64. The Morgan fingerprint density at radius 1 is 1.33 bits per heavy atom. The van der Waals surface area contributed by atoms with E-state index in [0.29, 0.717) is 6.04 Å². The first-order valence-corrected chi connectivity index (χ1v) is 6.64. The van der Waals surface area contributed by atoms with Crippen LogP contribution in [0.4, 0.5) is 0 Å². The predicted octanol–water partition coefficient (Wildman–Crippen LogP) is 2.62. The SMILES string of the molecule is CCCCCC(CN)N1CC(C)CC1C. The molecule has 0 aromatic heterocycles. The summed E-state index contributed by atoms with van der Waals surface area (Å²) in [5.74, 6) is 0.861. The normalized spacial score (nSPS) is 29.6. The highest BCUT2D eigenvalue weighted by Crippen LogP contribution is 2.26.